The van der Waals surface area contributed by atoms with E-state index < -0.39 is 0 Å². The first-order chi connectivity index (χ1) is 3.93. The molecule has 0 amide bonds. The number of ether oxygens (including phenoxy) is 2. The third-order valence-corrected chi connectivity index (χ3v) is 0.897. The van der Waals surface area contributed by atoms with Gasteiger partial charge >= 0.3 is 0 Å². The molecule has 1 aliphatic rings. The summed E-state index contributed by atoms with van der Waals surface area (Å²) < 4.78 is 9.55. The van der Waals surface area contributed by atoms with Crippen molar-refractivity contribution in [3.8, 4) is 0 Å². The van der Waals surface area contributed by atoms with Crippen LogP contribution in [0.4, 0.5) is 0 Å². The van der Waals surface area contributed by atoms with Crippen LogP contribution in [0.25, 0.3) is 0 Å². The predicted molar refractivity (Wildman–Crippen MR) is 23.5 cm³/mol. The molecule has 1 rings (SSSR count). The van der Waals surface area contributed by atoms with Crippen LogP contribution in [0.5, 0.6) is 0 Å². The Bertz CT molecular complexity index is 62.3. The lowest BCUT2D eigenvalue weighted by molar-refractivity contribution is -0.419. The monoisotopic (exact) mass is 118 g/mol. The Morgan fingerprint density at radius 2 is 2.00 bits per heavy atom. The molecule has 0 atom stereocenters. The van der Waals surface area contributed by atoms with Crippen molar-refractivity contribution >= 4 is 0 Å². The fourth-order valence-corrected chi connectivity index (χ4v) is 0.503. The van der Waals surface area contributed by atoms with Crippen LogP contribution in [0.2, 0.25) is 0 Å². The Hall–Kier alpha value is -0.160. The van der Waals surface area contributed by atoms with Crippen LogP contribution in [0.1, 0.15) is 0 Å². The van der Waals surface area contributed by atoms with E-state index in [4.69, 9.17) is 9.47 Å². The van der Waals surface area contributed by atoms with Gasteiger partial charge in [-0.15, -0.1) is 0 Å². The number of nitrogens with zero attached hydrogens (tertiary/aromatic N) is 1. The molecule has 1 saturated heterocycles. The fraction of sp³-hybridized carbons (Fsp3) is 1.00. The third-order valence-electron chi connectivity index (χ3n) is 0.897. The number of hydrogen-bond acceptors (Lipinski definition) is 4. The molecule has 0 radical (unpaired) electrons. The molecule has 48 valence electrons. The van der Waals surface area contributed by atoms with E-state index in [-0.39, 0.29) is 6.73 Å². The van der Waals surface area contributed by atoms with Gasteiger partial charge in [0.05, 0.1) is 0 Å². The van der Waals surface area contributed by atoms with Crippen molar-refractivity contribution in [2.24, 2.45) is 0 Å². The van der Waals surface area contributed by atoms with E-state index in [0.29, 0.717) is 20.3 Å². The van der Waals surface area contributed by atoms with Gasteiger partial charge in [0.2, 0.25) is 0 Å². The molecule has 0 N–H and O–H groups in total. The van der Waals surface area contributed by atoms with Crippen LogP contribution >= 0.6 is 0 Å². The predicted octanol–water partition coefficient (Wildman–Crippen LogP) is -1.47. The molecule has 8 heavy (non-hydrogen) atoms. The summed E-state index contributed by atoms with van der Waals surface area (Å²) in [6.07, 6.45) is 0. The molecule has 4 nitrogen and oxygen atoms in total. The fourth-order valence-electron chi connectivity index (χ4n) is 0.503. The standard InChI is InChI=1S/C4H8NO3/c6-1-5-2-7-4-8-3-5/h1-4H2/q-1. The van der Waals surface area contributed by atoms with E-state index in [2.05, 4.69) is 0 Å². The maximum absolute atomic E-state index is 10.1. The van der Waals surface area contributed by atoms with Gasteiger partial charge < -0.3 is 14.6 Å². The zero-order valence-corrected chi connectivity index (χ0v) is 4.50. The summed E-state index contributed by atoms with van der Waals surface area (Å²) in [5.41, 5.74) is 0. The molecule has 1 heterocycles. The van der Waals surface area contributed by atoms with E-state index >= 15 is 0 Å². The van der Waals surface area contributed by atoms with Crippen LogP contribution in [0, 0.1) is 0 Å². The first-order valence-corrected chi connectivity index (χ1v) is 2.39. The average molecular weight is 118 g/mol. The molecule has 0 aromatic rings. The van der Waals surface area contributed by atoms with Crippen LogP contribution in [-0.2, 0) is 9.47 Å². The molecule has 1 aliphatic heterocycles. The number of rotatable bonds is 1. The molecular formula is C4H8NO3-. The van der Waals surface area contributed by atoms with E-state index in [9.17, 15) is 5.11 Å². The van der Waals surface area contributed by atoms with Crippen molar-refractivity contribution in [3.05, 3.63) is 0 Å². The lowest BCUT2D eigenvalue weighted by Gasteiger charge is -2.28. The van der Waals surface area contributed by atoms with Gasteiger partial charge in [-0.05, 0) is 0 Å². The highest BCUT2D eigenvalue weighted by atomic mass is 16.7. The topological polar surface area (TPSA) is 44.8 Å². The average Bonchev–Trinajstić information content (AvgIpc) is 1.90. The van der Waals surface area contributed by atoms with Crippen molar-refractivity contribution in [3.63, 3.8) is 0 Å². The van der Waals surface area contributed by atoms with Gasteiger partial charge in [0.1, 0.15) is 20.3 Å². The summed E-state index contributed by atoms with van der Waals surface area (Å²) in [6.45, 7) is 0.878. The van der Waals surface area contributed by atoms with E-state index in [1.807, 2.05) is 0 Å². The van der Waals surface area contributed by atoms with Gasteiger partial charge in [0.15, 0.2) is 0 Å². The summed E-state index contributed by atoms with van der Waals surface area (Å²) in [4.78, 5) is 1.52. The molecule has 0 aromatic carbocycles. The van der Waals surface area contributed by atoms with Gasteiger partial charge in [0.25, 0.3) is 0 Å². The van der Waals surface area contributed by atoms with Gasteiger partial charge in [-0.1, -0.05) is 6.73 Å². The van der Waals surface area contributed by atoms with Crippen LogP contribution in [-0.4, -0.2) is 31.9 Å². The summed E-state index contributed by atoms with van der Waals surface area (Å²) in [7, 11) is 0. The lowest BCUT2D eigenvalue weighted by Crippen LogP contribution is -2.40. The van der Waals surface area contributed by atoms with Gasteiger partial charge in [-0.25, -0.2) is 0 Å². The van der Waals surface area contributed by atoms with E-state index in [1.54, 1.807) is 0 Å². The SMILES string of the molecule is [O-]CN1COCOC1. The molecule has 1 fully saturated rings. The Labute approximate surface area is 47.6 Å². The van der Waals surface area contributed by atoms with Crippen LogP contribution in [0.15, 0.2) is 0 Å². The second kappa shape index (κ2) is 2.99. The molecule has 4 heteroatoms. The molecule has 0 aliphatic carbocycles. The first kappa shape index (κ1) is 5.97. The van der Waals surface area contributed by atoms with Crippen molar-refractivity contribution in [2.45, 2.75) is 0 Å². The minimum absolute atomic E-state index is 0.250. The molecule has 0 aromatic heterocycles. The van der Waals surface area contributed by atoms with Crippen LogP contribution in [0.3, 0.4) is 0 Å². The maximum Gasteiger partial charge on any atom is 0.150 e. The molecule has 0 spiro atoms. The summed E-state index contributed by atoms with van der Waals surface area (Å²) in [5.74, 6) is 0. The molecule has 0 saturated carbocycles. The number of hydrogen-bond donors (Lipinski definition) is 0. The second-order valence-electron chi connectivity index (χ2n) is 1.58. The van der Waals surface area contributed by atoms with Crippen molar-refractivity contribution < 1.29 is 14.6 Å². The normalized spacial score (nSPS) is 23.6. The lowest BCUT2D eigenvalue weighted by atomic mass is 10.8. The zero-order chi connectivity index (χ0) is 5.82. The summed E-state index contributed by atoms with van der Waals surface area (Å²) in [6, 6.07) is 0. The molecule has 0 bridgehead atoms. The quantitative estimate of drug-likeness (QED) is 0.421. The summed E-state index contributed by atoms with van der Waals surface area (Å²) in [5, 5.41) is 10.1. The Morgan fingerprint density at radius 1 is 1.38 bits per heavy atom. The highest BCUT2D eigenvalue weighted by molar-refractivity contribution is 4.36. The highest BCUT2D eigenvalue weighted by Crippen LogP contribution is 1.93. The Kier molecular flexibility index (Phi) is 2.23. The smallest absolute Gasteiger partial charge is 0.150 e. The summed E-state index contributed by atoms with van der Waals surface area (Å²) >= 11 is 0. The van der Waals surface area contributed by atoms with Gasteiger partial charge in [0, 0.05) is 0 Å². The van der Waals surface area contributed by atoms with Gasteiger partial charge in [-0.3, -0.25) is 4.90 Å². The van der Waals surface area contributed by atoms with Crippen molar-refractivity contribution in [2.75, 3.05) is 27.0 Å². The van der Waals surface area contributed by atoms with Crippen LogP contribution < -0.4 is 5.11 Å². The highest BCUT2D eigenvalue weighted by Gasteiger charge is 2.03. The van der Waals surface area contributed by atoms with E-state index in [1.165, 1.54) is 4.90 Å². The van der Waals surface area contributed by atoms with E-state index in [0.717, 1.165) is 0 Å². The molecule has 0 unspecified atom stereocenters. The largest absolute Gasteiger partial charge is 0.843 e. The maximum atomic E-state index is 10.1. The third kappa shape index (κ3) is 1.41. The van der Waals surface area contributed by atoms with Crippen molar-refractivity contribution in [1.82, 2.24) is 4.90 Å². The minimum Gasteiger partial charge on any atom is -0.843 e. The first-order valence-electron chi connectivity index (χ1n) is 2.39. The molecular weight excluding hydrogens is 110 g/mol. The second-order valence-corrected chi connectivity index (χ2v) is 1.58. The van der Waals surface area contributed by atoms with Gasteiger partial charge in [-0.2, -0.15) is 0 Å². The van der Waals surface area contributed by atoms with Crippen molar-refractivity contribution in [1.29, 1.82) is 0 Å². The Morgan fingerprint density at radius 3 is 2.38 bits per heavy atom. The Balaban J connectivity index is 2.13. The minimum atomic E-state index is -0.250. The zero-order valence-electron chi connectivity index (χ0n) is 4.50.